The van der Waals surface area contributed by atoms with Crippen LogP contribution in [-0.4, -0.2) is 71.4 Å². The molecule has 6 heteroatoms. The van der Waals surface area contributed by atoms with Gasteiger partial charge in [-0.2, -0.15) is 0 Å². The van der Waals surface area contributed by atoms with Crippen LogP contribution in [-0.2, 0) is 16.1 Å². The third-order valence-corrected chi connectivity index (χ3v) is 7.85. The third-order valence-electron chi connectivity index (χ3n) is 7.85. The number of carbonyl (C=O) groups excluding carboxylic acids is 2. The number of ether oxygens (including phenoxy) is 1. The van der Waals surface area contributed by atoms with E-state index >= 15 is 0 Å². The molecule has 3 aliphatic rings. The molecule has 1 aliphatic carbocycles. The lowest BCUT2D eigenvalue weighted by atomic mass is 9.89. The average molecular weight is 488 g/mol. The summed E-state index contributed by atoms with van der Waals surface area (Å²) < 4.78 is 6.28. The summed E-state index contributed by atoms with van der Waals surface area (Å²) in [5.74, 6) is 0.428. The van der Waals surface area contributed by atoms with Gasteiger partial charge in [0, 0.05) is 38.3 Å². The summed E-state index contributed by atoms with van der Waals surface area (Å²) in [4.78, 5) is 32.8. The van der Waals surface area contributed by atoms with Gasteiger partial charge in [-0.1, -0.05) is 55.3 Å². The molecule has 2 unspecified atom stereocenters. The summed E-state index contributed by atoms with van der Waals surface area (Å²) in [5, 5.41) is 0. The highest BCUT2D eigenvalue weighted by Gasteiger charge is 2.41. The van der Waals surface area contributed by atoms with Crippen LogP contribution in [0, 0.1) is 6.92 Å². The van der Waals surface area contributed by atoms with Gasteiger partial charge in [0.05, 0.1) is 6.04 Å². The Morgan fingerprint density at radius 2 is 1.67 bits per heavy atom. The zero-order chi connectivity index (χ0) is 25.1. The summed E-state index contributed by atoms with van der Waals surface area (Å²) in [6.45, 7) is 9.23. The van der Waals surface area contributed by atoms with E-state index in [1.807, 2.05) is 40.1 Å². The Labute approximate surface area is 214 Å². The van der Waals surface area contributed by atoms with Gasteiger partial charge in [0.15, 0.2) is 5.76 Å². The Bertz CT molecular complexity index is 1100. The van der Waals surface area contributed by atoms with Crippen molar-refractivity contribution in [1.29, 1.82) is 0 Å². The van der Waals surface area contributed by atoms with Crippen molar-refractivity contribution in [2.24, 2.45) is 0 Å². The maximum atomic E-state index is 13.6. The van der Waals surface area contributed by atoms with E-state index in [9.17, 15) is 9.59 Å². The fourth-order valence-electron chi connectivity index (χ4n) is 5.57. The first-order valence-corrected chi connectivity index (χ1v) is 13.4. The normalized spacial score (nSPS) is 23.9. The van der Waals surface area contributed by atoms with Crippen LogP contribution in [0.25, 0.3) is 6.08 Å². The number of piperazine rings is 1. The molecule has 2 aliphatic heterocycles. The van der Waals surface area contributed by atoms with E-state index in [2.05, 4.69) is 43.0 Å². The number of benzene rings is 2. The standard InChI is InChI=1S/C30H37N3O3/c1-3-31-16-18-32(19-17-31)29(34)25-14-12-23(13-15-25)20-28-30(35)33(21-24-10-8-22(2)9-11-24)26-6-4-5-7-27(26)36-28/h8-15,20,26-27H,3-7,16-19,21H2,1-2H3/b28-20+. The summed E-state index contributed by atoms with van der Waals surface area (Å²) in [6.07, 6.45) is 6.09. The van der Waals surface area contributed by atoms with Crippen molar-refractivity contribution in [3.8, 4) is 0 Å². The van der Waals surface area contributed by atoms with Crippen molar-refractivity contribution < 1.29 is 14.3 Å². The molecular formula is C30H37N3O3. The molecule has 2 atom stereocenters. The molecule has 190 valence electrons. The molecule has 0 aromatic heterocycles. The highest BCUT2D eigenvalue weighted by atomic mass is 16.5. The molecular weight excluding hydrogens is 450 g/mol. The number of morpholine rings is 1. The van der Waals surface area contributed by atoms with E-state index < -0.39 is 0 Å². The van der Waals surface area contributed by atoms with Gasteiger partial charge >= 0.3 is 0 Å². The summed E-state index contributed by atoms with van der Waals surface area (Å²) in [7, 11) is 0. The van der Waals surface area contributed by atoms with E-state index in [1.165, 1.54) is 5.56 Å². The lowest BCUT2D eigenvalue weighted by Crippen LogP contribution is -2.54. The van der Waals surface area contributed by atoms with E-state index in [1.54, 1.807) is 0 Å². The first-order valence-electron chi connectivity index (χ1n) is 13.4. The molecule has 2 amide bonds. The molecule has 0 bridgehead atoms. The minimum Gasteiger partial charge on any atom is -0.482 e. The quantitative estimate of drug-likeness (QED) is 0.584. The summed E-state index contributed by atoms with van der Waals surface area (Å²) in [6, 6.07) is 16.1. The lowest BCUT2D eigenvalue weighted by Gasteiger charge is -2.44. The van der Waals surface area contributed by atoms with Gasteiger partial charge < -0.3 is 19.4 Å². The molecule has 2 heterocycles. The van der Waals surface area contributed by atoms with E-state index in [0.29, 0.717) is 17.9 Å². The first kappa shape index (κ1) is 24.6. The number of nitrogens with zero attached hydrogens (tertiary/aromatic N) is 3. The van der Waals surface area contributed by atoms with Crippen molar-refractivity contribution in [2.45, 2.75) is 58.2 Å². The minimum atomic E-state index is -0.0485. The monoisotopic (exact) mass is 487 g/mol. The number of rotatable bonds is 5. The fourth-order valence-corrected chi connectivity index (χ4v) is 5.57. The number of carbonyl (C=O) groups is 2. The topological polar surface area (TPSA) is 53.1 Å². The highest BCUT2D eigenvalue weighted by Crippen LogP contribution is 2.34. The molecule has 36 heavy (non-hydrogen) atoms. The molecule has 0 N–H and O–H groups in total. The molecule has 2 aromatic carbocycles. The van der Waals surface area contributed by atoms with Crippen molar-refractivity contribution in [2.75, 3.05) is 32.7 Å². The van der Waals surface area contributed by atoms with Gasteiger partial charge in [-0.3, -0.25) is 9.59 Å². The molecule has 3 fully saturated rings. The molecule has 2 aromatic rings. The maximum Gasteiger partial charge on any atom is 0.289 e. The first-order chi connectivity index (χ1) is 17.5. The van der Waals surface area contributed by atoms with E-state index in [-0.39, 0.29) is 24.0 Å². The second kappa shape index (κ2) is 10.9. The van der Waals surface area contributed by atoms with Gasteiger partial charge in [0.1, 0.15) is 6.10 Å². The van der Waals surface area contributed by atoms with Crippen LogP contribution in [0.2, 0.25) is 0 Å². The summed E-state index contributed by atoms with van der Waals surface area (Å²) >= 11 is 0. The number of likely N-dealkylation sites (N-methyl/N-ethyl adjacent to an activating group) is 1. The van der Waals surface area contributed by atoms with Gasteiger partial charge in [-0.15, -0.1) is 0 Å². The van der Waals surface area contributed by atoms with Gasteiger partial charge in [0.25, 0.3) is 11.8 Å². The second-order valence-corrected chi connectivity index (χ2v) is 10.3. The van der Waals surface area contributed by atoms with Crippen LogP contribution in [0.3, 0.4) is 0 Å². The predicted molar refractivity (Wildman–Crippen MR) is 141 cm³/mol. The minimum absolute atomic E-state index is 0.0378. The zero-order valence-corrected chi connectivity index (χ0v) is 21.5. The van der Waals surface area contributed by atoms with Crippen LogP contribution < -0.4 is 0 Å². The van der Waals surface area contributed by atoms with Crippen LogP contribution in [0.4, 0.5) is 0 Å². The molecule has 6 nitrogen and oxygen atoms in total. The number of amides is 2. The number of hydrogen-bond donors (Lipinski definition) is 0. The smallest absolute Gasteiger partial charge is 0.289 e. The molecule has 0 radical (unpaired) electrons. The Balaban J connectivity index is 1.31. The van der Waals surface area contributed by atoms with Crippen molar-refractivity contribution in [3.05, 3.63) is 76.5 Å². The van der Waals surface area contributed by atoms with Gasteiger partial charge in [-0.05, 0) is 62.1 Å². The largest absolute Gasteiger partial charge is 0.482 e. The van der Waals surface area contributed by atoms with Crippen LogP contribution in [0.5, 0.6) is 0 Å². The van der Waals surface area contributed by atoms with Gasteiger partial charge in [0.2, 0.25) is 0 Å². The lowest BCUT2D eigenvalue weighted by molar-refractivity contribution is -0.149. The van der Waals surface area contributed by atoms with Crippen molar-refractivity contribution in [1.82, 2.24) is 14.7 Å². The molecule has 0 spiro atoms. The van der Waals surface area contributed by atoms with Crippen molar-refractivity contribution >= 4 is 17.9 Å². The SMILES string of the molecule is CCN1CCN(C(=O)c2ccc(/C=C3/OC4CCCCC4N(Cc4ccc(C)cc4)C3=O)cc2)CC1. The fraction of sp³-hybridized carbons (Fsp3) is 0.467. The molecule has 5 rings (SSSR count). The molecule has 1 saturated carbocycles. The van der Waals surface area contributed by atoms with Gasteiger partial charge in [-0.25, -0.2) is 0 Å². The second-order valence-electron chi connectivity index (χ2n) is 10.3. The zero-order valence-electron chi connectivity index (χ0n) is 21.5. The number of hydrogen-bond acceptors (Lipinski definition) is 4. The van der Waals surface area contributed by atoms with Crippen molar-refractivity contribution in [3.63, 3.8) is 0 Å². The Morgan fingerprint density at radius 3 is 2.36 bits per heavy atom. The van der Waals surface area contributed by atoms with Crippen LogP contribution in [0.1, 0.15) is 59.7 Å². The van der Waals surface area contributed by atoms with E-state index in [4.69, 9.17) is 4.74 Å². The Morgan fingerprint density at radius 1 is 0.972 bits per heavy atom. The maximum absolute atomic E-state index is 13.6. The predicted octanol–water partition coefficient (Wildman–Crippen LogP) is 4.48. The van der Waals surface area contributed by atoms with Crippen LogP contribution >= 0.6 is 0 Å². The van der Waals surface area contributed by atoms with E-state index in [0.717, 1.165) is 69.5 Å². The summed E-state index contributed by atoms with van der Waals surface area (Å²) in [5.41, 5.74) is 3.91. The average Bonchev–Trinajstić information content (AvgIpc) is 2.92. The highest BCUT2D eigenvalue weighted by molar-refractivity contribution is 5.97. The number of aryl methyl sites for hydroxylation is 1. The Kier molecular flexibility index (Phi) is 7.42. The third kappa shape index (κ3) is 5.34. The Hall–Kier alpha value is -3.12. The van der Waals surface area contributed by atoms with Crippen LogP contribution in [0.15, 0.2) is 54.3 Å². The number of fused-ring (bicyclic) bond motifs is 1. The molecule has 2 saturated heterocycles.